The minimum Gasteiger partial charge on any atom is -0.497 e. The van der Waals surface area contributed by atoms with Gasteiger partial charge in [0.25, 0.3) is 10.0 Å². The van der Waals surface area contributed by atoms with Gasteiger partial charge in [-0.1, -0.05) is 11.6 Å². The van der Waals surface area contributed by atoms with E-state index in [1.54, 1.807) is 44.7 Å². The van der Waals surface area contributed by atoms with Crippen molar-refractivity contribution in [2.24, 2.45) is 0 Å². The van der Waals surface area contributed by atoms with Crippen molar-refractivity contribution >= 4 is 33.0 Å². The van der Waals surface area contributed by atoms with Crippen LogP contribution in [-0.2, 0) is 15.6 Å². The van der Waals surface area contributed by atoms with Crippen molar-refractivity contribution in [2.75, 3.05) is 70.4 Å². The second-order valence-corrected chi connectivity index (χ2v) is 13.0. The molecule has 3 aromatic carbocycles. The minimum atomic E-state index is -4.13. The average molecular weight is 651 g/mol. The summed E-state index contributed by atoms with van der Waals surface area (Å²) in [6.45, 7) is 2.77. The van der Waals surface area contributed by atoms with Crippen LogP contribution in [0.1, 0.15) is 11.1 Å². The van der Waals surface area contributed by atoms with E-state index in [0.29, 0.717) is 48.5 Å². The van der Waals surface area contributed by atoms with Crippen LogP contribution in [0.15, 0.2) is 83.9 Å². The Labute approximate surface area is 268 Å². The summed E-state index contributed by atoms with van der Waals surface area (Å²) in [5.74, 6) is 1.90. The highest BCUT2D eigenvalue weighted by Crippen LogP contribution is 2.52. The summed E-state index contributed by atoms with van der Waals surface area (Å²) in [6, 6.07) is 21.9. The molecule has 6 rings (SSSR count). The molecule has 0 aliphatic carbocycles. The van der Waals surface area contributed by atoms with Gasteiger partial charge in [0.15, 0.2) is 0 Å². The lowest BCUT2D eigenvalue weighted by Crippen LogP contribution is -2.58. The minimum absolute atomic E-state index is 0.0324. The molecule has 236 valence electrons. The summed E-state index contributed by atoms with van der Waals surface area (Å²) in [5.41, 5.74) is 2.18. The quantitative estimate of drug-likeness (QED) is 0.247. The number of aromatic nitrogens is 1. The van der Waals surface area contributed by atoms with E-state index < -0.39 is 15.6 Å². The first-order valence-electron chi connectivity index (χ1n) is 14.4. The van der Waals surface area contributed by atoms with Crippen molar-refractivity contribution in [3.8, 4) is 23.1 Å². The van der Waals surface area contributed by atoms with Crippen LogP contribution in [0, 0.1) is 0 Å². The summed E-state index contributed by atoms with van der Waals surface area (Å²) in [6.07, 6.45) is 1.67. The lowest BCUT2D eigenvalue weighted by molar-refractivity contribution is 0.124. The Bertz CT molecular complexity index is 1800. The van der Waals surface area contributed by atoms with Crippen molar-refractivity contribution in [2.45, 2.75) is 10.4 Å². The van der Waals surface area contributed by atoms with Crippen LogP contribution in [0.2, 0.25) is 5.02 Å². The number of ether oxygens (including phenoxy) is 4. The number of hydrogen-bond donors (Lipinski definition) is 0. The van der Waals surface area contributed by atoms with Crippen LogP contribution in [0.3, 0.4) is 0 Å². The molecule has 45 heavy (non-hydrogen) atoms. The van der Waals surface area contributed by atoms with Gasteiger partial charge < -0.3 is 23.8 Å². The van der Waals surface area contributed by atoms with Gasteiger partial charge in [-0.2, -0.15) is 0 Å². The molecule has 0 spiro atoms. The number of methoxy groups -OCH3 is 4. The second-order valence-electron chi connectivity index (χ2n) is 10.8. The molecule has 10 nitrogen and oxygen atoms in total. The molecule has 0 bridgehead atoms. The molecule has 1 unspecified atom stereocenters. The Morgan fingerprint density at radius 2 is 1.49 bits per heavy atom. The van der Waals surface area contributed by atoms with Crippen LogP contribution in [0.4, 0.5) is 11.4 Å². The molecule has 0 amide bonds. The first-order valence-corrected chi connectivity index (χ1v) is 16.3. The van der Waals surface area contributed by atoms with Crippen LogP contribution in [-0.4, -0.2) is 79.5 Å². The summed E-state index contributed by atoms with van der Waals surface area (Å²) in [4.78, 5) is 9.21. The maximum atomic E-state index is 14.6. The number of fused-ring (bicyclic) bond motifs is 1. The summed E-state index contributed by atoms with van der Waals surface area (Å²) in [7, 11) is 2.06. The Kier molecular flexibility index (Phi) is 8.43. The molecular formula is C33H35ClN4O6S. The predicted octanol–water partition coefficient (Wildman–Crippen LogP) is 5.04. The molecule has 0 radical (unpaired) electrons. The third-order valence-corrected chi connectivity index (χ3v) is 10.7. The van der Waals surface area contributed by atoms with Gasteiger partial charge in [0.1, 0.15) is 22.1 Å². The zero-order valence-electron chi connectivity index (χ0n) is 25.6. The molecule has 2 aliphatic rings. The highest BCUT2D eigenvalue weighted by Gasteiger charge is 2.54. The van der Waals surface area contributed by atoms with Crippen molar-refractivity contribution < 1.29 is 27.4 Å². The van der Waals surface area contributed by atoms with Crippen LogP contribution in [0.25, 0.3) is 0 Å². The number of anilines is 2. The van der Waals surface area contributed by atoms with Gasteiger partial charge in [-0.15, -0.1) is 0 Å². The Balaban J connectivity index is 1.47. The number of sulfonamides is 1. The predicted molar refractivity (Wildman–Crippen MR) is 174 cm³/mol. The Morgan fingerprint density at radius 3 is 2.16 bits per heavy atom. The van der Waals surface area contributed by atoms with E-state index in [-0.39, 0.29) is 17.2 Å². The van der Waals surface area contributed by atoms with Gasteiger partial charge >= 0.3 is 0 Å². The SMILES string of the molecule is COc1ccc(N2CCN(C3(c4cccnc4OC)CN(S(=O)(=O)c4ccc(OC)cc4OC)c4ccc(Cl)cc43)CC2)cc1. The smallest absolute Gasteiger partial charge is 0.268 e. The molecule has 4 aromatic rings. The number of hydrogen-bond acceptors (Lipinski definition) is 9. The maximum absolute atomic E-state index is 14.6. The Morgan fingerprint density at radius 1 is 0.778 bits per heavy atom. The molecule has 3 heterocycles. The van der Waals surface area contributed by atoms with E-state index in [4.69, 9.17) is 30.5 Å². The van der Waals surface area contributed by atoms with Crippen LogP contribution < -0.4 is 28.2 Å². The zero-order valence-corrected chi connectivity index (χ0v) is 27.1. The molecule has 12 heteroatoms. The van der Waals surface area contributed by atoms with Gasteiger partial charge in [-0.25, -0.2) is 13.4 Å². The van der Waals surface area contributed by atoms with Crippen molar-refractivity contribution in [1.29, 1.82) is 0 Å². The van der Waals surface area contributed by atoms with Crippen LogP contribution >= 0.6 is 11.6 Å². The van der Waals surface area contributed by atoms with E-state index in [2.05, 4.69) is 26.9 Å². The number of pyridine rings is 1. The van der Waals surface area contributed by atoms with E-state index in [1.165, 1.54) is 24.6 Å². The fourth-order valence-electron chi connectivity index (χ4n) is 6.43. The third-order valence-electron chi connectivity index (χ3n) is 8.65. The highest BCUT2D eigenvalue weighted by molar-refractivity contribution is 7.93. The largest absolute Gasteiger partial charge is 0.497 e. The van der Waals surface area contributed by atoms with Gasteiger partial charge in [0, 0.05) is 60.3 Å². The van der Waals surface area contributed by atoms with E-state index in [1.807, 2.05) is 30.3 Å². The molecule has 0 saturated carbocycles. The number of benzene rings is 3. The number of rotatable bonds is 9. The zero-order chi connectivity index (χ0) is 31.8. The summed E-state index contributed by atoms with van der Waals surface area (Å²) >= 11 is 6.65. The average Bonchev–Trinajstić information content (AvgIpc) is 3.43. The van der Waals surface area contributed by atoms with E-state index in [0.717, 1.165) is 22.6 Å². The lowest BCUT2D eigenvalue weighted by Gasteiger charge is -2.47. The maximum Gasteiger partial charge on any atom is 0.268 e. The van der Waals surface area contributed by atoms with Gasteiger partial charge in [0.2, 0.25) is 5.88 Å². The molecule has 1 saturated heterocycles. The summed E-state index contributed by atoms with van der Waals surface area (Å²) < 4.78 is 52.6. The molecule has 2 aliphatic heterocycles. The van der Waals surface area contributed by atoms with Gasteiger partial charge in [-0.05, 0) is 66.7 Å². The number of halogens is 1. The van der Waals surface area contributed by atoms with Gasteiger partial charge in [0.05, 0.1) is 46.2 Å². The monoisotopic (exact) mass is 650 g/mol. The second kappa shape index (κ2) is 12.3. The van der Waals surface area contributed by atoms with Crippen LogP contribution in [0.5, 0.6) is 23.1 Å². The number of piperazine rings is 1. The molecule has 1 aromatic heterocycles. The van der Waals surface area contributed by atoms with Crippen molar-refractivity contribution in [1.82, 2.24) is 9.88 Å². The molecule has 0 N–H and O–H groups in total. The third kappa shape index (κ3) is 5.28. The standard InChI is InChI=1S/C33H35ClN4O6S/c1-41-25-10-8-24(9-11-25)36-16-18-37(19-17-36)33(27-6-5-15-35-32(27)44-4)22-38(29-13-7-23(34)20-28(29)33)45(39,40)31-14-12-26(42-2)21-30(31)43-3/h5-15,20-21H,16-19,22H2,1-4H3. The number of nitrogens with zero attached hydrogens (tertiary/aromatic N) is 4. The first kappa shape index (κ1) is 30.8. The van der Waals surface area contributed by atoms with Gasteiger partial charge in [-0.3, -0.25) is 9.21 Å². The molecular weight excluding hydrogens is 616 g/mol. The topological polar surface area (TPSA) is 93.7 Å². The normalized spacial score (nSPS) is 18.4. The summed E-state index contributed by atoms with van der Waals surface area (Å²) in [5, 5.41) is 0.499. The van der Waals surface area contributed by atoms with Crippen molar-refractivity contribution in [3.05, 3.63) is 95.1 Å². The first-order chi connectivity index (χ1) is 21.8. The van der Waals surface area contributed by atoms with E-state index in [9.17, 15) is 8.42 Å². The van der Waals surface area contributed by atoms with Crippen molar-refractivity contribution in [3.63, 3.8) is 0 Å². The molecule has 1 fully saturated rings. The fourth-order valence-corrected chi connectivity index (χ4v) is 8.26. The highest BCUT2D eigenvalue weighted by atomic mass is 35.5. The molecule has 1 atom stereocenters. The lowest BCUT2D eigenvalue weighted by atomic mass is 9.82. The Hall–Kier alpha value is -4.19. The van der Waals surface area contributed by atoms with E-state index >= 15 is 0 Å². The fraction of sp³-hybridized carbons (Fsp3) is 0.303.